The minimum Gasteiger partial charge on any atom is -0.497 e. The zero-order valence-electron chi connectivity index (χ0n) is 11.4. The Hall–Kier alpha value is -2.57. The first-order chi connectivity index (χ1) is 10.3. The van der Waals surface area contributed by atoms with Gasteiger partial charge in [0.25, 0.3) is 5.91 Å². The summed E-state index contributed by atoms with van der Waals surface area (Å²) in [4.78, 5) is 11.9. The summed E-state index contributed by atoms with van der Waals surface area (Å²) in [6, 6.07) is 8.28. The standard InChI is InChI=1S/C15H11F4NO2/c1-22-11-5-2-9(3-6-11)14(21)20-10-4-7-13(16)12(8-10)15(17,18)19/h2-8H,1H3,(H,20,21). The van der Waals surface area contributed by atoms with E-state index < -0.39 is 23.5 Å². The van der Waals surface area contributed by atoms with Crippen molar-refractivity contribution < 1.29 is 27.1 Å². The smallest absolute Gasteiger partial charge is 0.419 e. The number of rotatable bonds is 3. The Morgan fingerprint density at radius 1 is 1.09 bits per heavy atom. The summed E-state index contributed by atoms with van der Waals surface area (Å²) in [5, 5.41) is 2.29. The van der Waals surface area contributed by atoms with Gasteiger partial charge in [-0.15, -0.1) is 0 Å². The Morgan fingerprint density at radius 2 is 1.73 bits per heavy atom. The SMILES string of the molecule is COc1ccc(C(=O)Nc2ccc(F)c(C(F)(F)F)c2)cc1. The van der Waals surface area contributed by atoms with Crippen molar-refractivity contribution in [3.8, 4) is 5.75 Å². The fourth-order valence-corrected chi connectivity index (χ4v) is 1.77. The van der Waals surface area contributed by atoms with Crippen molar-refractivity contribution in [1.29, 1.82) is 0 Å². The second-order valence-corrected chi connectivity index (χ2v) is 4.38. The maximum Gasteiger partial charge on any atom is 0.419 e. The largest absolute Gasteiger partial charge is 0.497 e. The van der Waals surface area contributed by atoms with Gasteiger partial charge in [-0.1, -0.05) is 0 Å². The van der Waals surface area contributed by atoms with Crippen LogP contribution in [0.4, 0.5) is 23.2 Å². The molecule has 0 radical (unpaired) electrons. The molecule has 0 atom stereocenters. The van der Waals surface area contributed by atoms with E-state index in [1.165, 1.54) is 19.2 Å². The van der Waals surface area contributed by atoms with E-state index >= 15 is 0 Å². The summed E-state index contributed by atoms with van der Waals surface area (Å²) >= 11 is 0. The van der Waals surface area contributed by atoms with Crippen LogP contribution in [0, 0.1) is 5.82 Å². The van der Waals surface area contributed by atoms with Gasteiger partial charge >= 0.3 is 6.18 Å². The van der Waals surface area contributed by atoms with Crippen LogP contribution in [0.25, 0.3) is 0 Å². The molecule has 1 amide bonds. The topological polar surface area (TPSA) is 38.3 Å². The Labute approximate surface area is 123 Å². The third-order valence-electron chi connectivity index (χ3n) is 2.88. The molecule has 0 unspecified atom stereocenters. The summed E-state index contributed by atoms with van der Waals surface area (Å²) in [5.41, 5.74) is -1.34. The molecule has 0 aliphatic heterocycles. The van der Waals surface area contributed by atoms with Crippen molar-refractivity contribution in [2.75, 3.05) is 12.4 Å². The molecule has 2 aromatic carbocycles. The molecule has 0 aliphatic carbocycles. The van der Waals surface area contributed by atoms with E-state index in [0.717, 1.165) is 6.07 Å². The van der Waals surface area contributed by atoms with Crippen molar-refractivity contribution in [3.05, 3.63) is 59.4 Å². The number of ether oxygens (including phenoxy) is 1. The fraction of sp³-hybridized carbons (Fsp3) is 0.133. The molecule has 2 rings (SSSR count). The number of hydrogen-bond donors (Lipinski definition) is 1. The number of halogens is 4. The number of benzene rings is 2. The average molecular weight is 313 g/mol. The van der Waals surface area contributed by atoms with Gasteiger partial charge in [-0.3, -0.25) is 4.79 Å². The quantitative estimate of drug-likeness (QED) is 0.866. The van der Waals surface area contributed by atoms with Crippen LogP contribution in [0.3, 0.4) is 0 Å². The molecule has 0 saturated heterocycles. The molecule has 1 N–H and O–H groups in total. The normalized spacial score (nSPS) is 11.1. The summed E-state index contributed by atoms with van der Waals surface area (Å²) < 4.78 is 55.9. The van der Waals surface area contributed by atoms with Crippen molar-refractivity contribution in [1.82, 2.24) is 0 Å². The number of amides is 1. The number of methoxy groups -OCH3 is 1. The monoisotopic (exact) mass is 313 g/mol. The van der Waals surface area contributed by atoms with Gasteiger partial charge in [0.05, 0.1) is 12.7 Å². The predicted octanol–water partition coefficient (Wildman–Crippen LogP) is 4.11. The van der Waals surface area contributed by atoms with E-state index in [1.54, 1.807) is 12.1 Å². The summed E-state index contributed by atoms with van der Waals surface area (Å²) in [5.74, 6) is -1.46. The van der Waals surface area contributed by atoms with Crippen LogP contribution < -0.4 is 10.1 Å². The molecule has 2 aromatic rings. The predicted molar refractivity (Wildman–Crippen MR) is 72.3 cm³/mol. The minimum atomic E-state index is -4.83. The fourth-order valence-electron chi connectivity index (χ4n) is 1.77. The van der Waals surface area contributed by atoms with E-state index in [0.29, 0.717) is 17.9 Å². The van der Waals surface area contributed by atoms with Crippen LogP contribution >= 0.6 is 0 Å². The van der Waals surface area contributed by atoms with Gasteiger partial charge < -0.3 is 10.1 Å². The van der Waals surface area contributed by atoms with Crippen molar-refractivity contribution >= 4 is 11.6 Å². The van der Waals surface area contributed by atoms with Gasteiger partial charge in [0, 0.05) is 11.3 Å². The number of anilines is 1. The lowest BCUT2D eigenvalue weighted by Crippen LogP contribution is -2.14. The highest BCUT2D eigenvalue weighted by molar-refractivity contribution is 6.04. The van der Waals surface area contributed by atoms with Crippen LogP contribution in [0.5, 0.6) is 5.75 Å². The molecule has 7 heteroatoms. The van der Waals surface area contributed by atoms with E-state index in [-0.39, 0.29) is 11.3 Å². The molecule has 0 heterocycles. The van der Waals surface area contributed by atoms with E-state index in [4.69, 9.17) is 4.74 Å². The Kier molecular flexibility index (Phi) is 4.35. The second kappa shape index (κ2) is 6.05. The number of nitrogens with one attached hydrogen (secondary N) is 1. The van der Waals surface area contributed by atoms with Crippen molar-refractivity contribution in [2.45, 2.75) is 6.18 Å². The van der Waals surface area contributed by atoms with Crippen molar-refractivity contribution in [3.63, 3.8) is 0 Å². The lowest BCUT2D eigenvalue weighted by molar-refractivity contribution is -0.139. The molecule has 0 aromatic heterocycles. The summed E-state index contributed by atoms with van der Waals surface area (Å²) in [6.45, 7) is 0. The van der Waals surface area contributed by atoms with Gasteiger partial charge in [0.1, 0.15) is 11.6 Å². The molecule has 0 saturated carbocycles. The molecule has 22 heavy (non-hydrogen) atoms. The van der Waals surface area contributed by atoms with Gasteiger partial charge in [0.2, 0.25) is 0 Å². The number of alkyl halides is 3. The maximum absolute atomic E-state index is 13.2. The average Bonchev–Trinajstić information content (AvgIpc) is 2.48. The van der Waals surface area contributed by atoms with E-state index in [1.807, 2.05) is 0 Å². The lowest BCUT2D eigenvalue weighted by Gasteiger charge is -2.11. The number of carbonyl (C=O) groups is 1. The Balaban J connectivity index is 2.21. The van der Waals surface area contributed by atoms with Gasteiger partial charge in [-0.05, 0) is 42.5 Å². The van der Waals surface area contributed by atoms with Crippen LogP contribution in [0.2, 0.25) is 0 Å². The third kappa shape index (κ3) is 3.55. The van der Waals surface area contributed by atoms with E-state index in [2.05, 4.69) is 5.32 Å². The van der Waals surface area contributed by atoms with Crippen LogP contribution in [0.15, 0.2) is 42.5 Å². The molecule has 0 bridgehead atoms. The van der Waals surface area contributed by atoms with Gasteiger partial charge in [-0.25, -0.2) is 4.39 Å². The molecule has 0 fully saturated rings. The first-order valence-electron chi connectivity index (χ1n) is 6.13. The van der Waals surface area contributed by atoms with Gasteiger partial charge in [0.15, 0.2) is 0 Å². The van der Waals surface area contributed by atoms with Gasteiger partial charge in [-0.2, -0.15) is 13.2 Å². The van der Waals surface area contributed by atoms with Crippen LogP contribution in [0.1, 0.15) is 15.9 Å². The van der Waals surface area contributed by atoms with Crippen LogP contribution in [-0.4, -0.2) is 13.0 Å². The molecule has 3 nitrogen and oxygen atoms in total. The third-order valence-corrected chi connectivity index (χ3v) is 2.88. The first kappa shape index (κ1) is 15.8. The van der Waals surface area contributed by atoms with E-state index in [9.17, 15) is 22.4 Å². The molecular weight excluding hydrogens is 302 g/mol. The number of carbonyl (C=O) groups excluding carboxylic acids is 1. The van der Waals surface area contributed by atoms with Crippen LogP contribution in [-0.2, 0) is 6.18 Å². The lowest BCUT2D eigenvalue weighted by atomic mass is 10.1. The maximum atomic E-state index is 13.2. The molecule has 116 valence electrons. The zero-order chi connectivity index (χ0) is 16.3. The Morgan fingerprint density at radius 3 is 2.27 bits per heavy atom. The summed E-state index contributed by atoms with van der Waals surface area (Å²) in [7, 11) is 1.46. The molecule has 0 spiro atoms. The molecule has 0 aliphatic rings. The first-order valence-corrected chi connectivity index (χ1v) is 6.13. The summed E-state index contributed by atoms with van der Waals surface area (Å²) in [6.07, 6.45) is -4.83. The highest BCUT2D eigenvalue weighted by Crippen LogP contribution is 2.33. The molecular formula is C15H11F4NO2. The zero-order valence-corrected chi connectivity index (χ0v) is 11.4. The highest BCUT2D eigenvalue weighted by atomic mass is 19.4. The van der Waals surface area contributed by atoms with Crippen molar-refractivity contribution in [2.24, 2.45) is 0 Å². The highest BCUT2D eigenvalue weighted by Gasteiger charge is 2.34. The second-order valence-electron chi connectivity index (χ2n) is 4.38. The number of hydrogen-bond acceptors (Lipinski definition) is 2. The Bertz CT molecular complexity index is 681. The minimum absolute atomic E-state index is 0.144.